The molecule has 0 bridgehead atoms. The zero-order valence-corrected chi connectivity index (χ0v) is 11.3. The summed E-state index contributed by atoms with van der Waals surface area (Å²) in [6.07, 6.45) is 3.17. The molecule has 1 aromatic heterocycles. The first-order chi connectivity index (χ1) is 7.67. The number of hydrogen-bond acceptors (Lipinski definition) is 6. The van der Waals surface area contributed by atoms with Crippen LogP contribution in [0.5, 0.6) is 0 Å². The molecule has 0 saturated heterocycles. The number of methoxy groups -OCH3 is 1. The molecule has 1 aromatic rings. The predicted molar refractivity (Wildman–Crippen MR) is 69.5 cm³/mol. The molecule has 90 valence electrons. The monoisotopic (exact) mass is 260 g/mol. The van der Waals surface area contributed by atoms with Crippen molar-refractivity contribution in [2.45, 2.75) is 19.4 Å². The minimum absolute atomic E-state index is 0.365. The zero-order chi connectivity index (χ0) is 12.0. The van der Waals surface area contributed by atoms with E-state index in [1.165, 1.54) is 18.4 Å². The van der Waals surface area contributed by atoms with Crippen molar-refractivity contribution in [3.63, 3.8) is 0 Å². The van der Waals surface area contributed by atoms with Gasteiger partial charge in [0.25, 0.3) is 0 Å². The van der Waals surface area contributed by atoms with Crippen molar-refractivity contribution in [1.82, 2.24) is 4.98 Å². The molecule has 0 amide bonds. The van der Waals surface area contributed by atoms with Crippen molar-refractivity contribution in [2.75, 3.05) is 24.4 Å². The van der Waals surface area contributed by atoms with E-state index in [0.717, 1.165) is 17.3 Å². The van der Waals surface area contributed by atoms with Gasteiger partial charge in [-0.3, -0.25) is 0 Å². The molecule has 0 aliphatic carbocycles. The SMILES string of the molecule is COC(=O)c1csc(NC(C)CCSC)n1. The standard InChI is InChI=1S/C10H16N2O2S2/c1-7(4-5-15-3)11-10-12-8(6-16-10)9(13)14-2/h6-7H,4-5H2,1-3H3,(H,11,12). The van der Waals surface area contributed by atoms with Crippen LogP contribution in [-0.4, -0.2) is 36.1 Å². The number of rotatable bonds is 6. The van der Waals surface area contributed by atoms with Gasteiger partial charge in [0, 0.05) is 11.4 Å². The van der Waals surface area contributed by atoms with E-state index in [2.05, 4.69) is 28.2 Å². The summed E-state index contributed by atoms with van der Waals surface area (Å²) in [5.74, 6) is 0.727. The number of nitrogens with one attached hydrogen (secondary N) is 1. The number of thioether (sulfide) groups is 1. The highest BCUT2D eigenvalue weighted by molar-refractivity contribution is 7.98. The van der Waals surface area contributed by atoms with Crippen LogP contribution in [0.15, 0.2) is 5.38 Å². The van der Waals surface area contributed by atoms with Crippen LogP contribution >= 0.6 is 23.1 Å². The molecule has 0 radical (unpaired) electrons. The van der Waals surface area contributed by atoms with Gasteiger partial charge in [-0.05, 0) is 25.4 Å². The fourth-order valence-corrected chi connectivity index (χ4v) is 2.50. The summed E-state index contributed by atoms with van der Waals surface area (Å²) in [6, 6.07) is 0.365. The van der Waals surface area contributed by atoms with Crippen LogP contribution in [0, 0.1) is 0 Å². The molecule has 1 N–H and O–H groups in total. The van der Waals surface area contributed by atoms with Crippen molar-refractivity contribution in [1.29, 1.82) is 0 Å². The molecule has 0 aliphatic heterocycles. The Kier molecular flexibility index (Phi) is 5.62. The van der Waals surface area contributed by atoms with Crippen molar-refractivity contribution >= 4 is 34.2 Å². The lowest BCUT2D eigenvalue weighted by atomic mass is 10.3. The fourth-order valence-electron chi connectivity index (χ4n) is 1.12. The van der Waals surface area contributed by atoms with E-state index in [-0.39, 0.29) is 5.97 Å². The van der Waals surface area contributed by atoms with E-state index in [1.807, 2.05) is 11.8 Å². The normalized spacial score (nSPS) is 12.2. The van der Waals surface area contributed by atoms with Crippen LogP contribution in [0.3, 0.4) is 0 Å². The van der Waals surface area contributed by atoms with Crippen LogP contribution in [0.1, 0.15) is 23.8 Å². The van der Waals surface area contributed by atoms with Gasteiger partial charge in [-0.25, -0.2) is 9.78 Å². The summed E-state index contributed by atoms with van der Waals surface area (Å²) >= 11 is 3.25. The third-order valence-electron chi connectivity index (χ3n) is 2.02. The molecule has 1 rings (SSSR count). The quantitative estimate of drug-likeness (QED) is 0.796. The predicted octanol–water partition coefficient (Wildman–Crippen LogP) is 2.48. The third-order valence-corrected chi connectivity index (χ3v) is 3.44. The number of aromatic nitrogens is 1. The molecule has 6 heteroatoms. The maximum atomic E-state index is 11.2. The number of carbonyl (C=O) groups is 1. The van der Waals surface area contributed by atoms with Gasteiger partial charge < -0.3 is 10.1 Å². The van der Waals surface area contributed by atoms with Crippen molar-refractivity contribution in [3.05, 3.63) is 11.1 Å². The summed E-state index contributed by atoms with van der Waals surface area (Å²) < 4.78 is 4.59. The smallest absolute Gasteiger partial charge is 0.357 e. The Morgan fingerprint density at radius 2 is 2.50 bits per heavy atom. The highest BCUT2D eigenvalue weighted by Crippen LogP contribution is 2.17. The average molecular weight is 260 g/mol. The zero-order valence-electron chi connectivity index (χ0n) is 9.65. The van der Waals surface area contributed by atoms with Crippen molar-refractivity contribution in [2.24, 2.45) is 0 Å². The van der Waals surface area contributed by atoms with E-state index < -0.39 is 0 Å². The molecular weight excluding hydrogens is 244 g/mol. The molecule has 0 spiro atoms. The van der Waals surface area contributed by atoms with Crippen LogP contribution in [-0.2, 0) is 4.74 Å². The number of ether oxygens (including phenoxy) is 1. The van der Waals surface area contributed by atoms with E-state index in [1.54, 1.807) is 5.38 Å². The molecule has 1 atom stereocenters. The Morgan fingerprint density at radius 3 is 3.12 bits per heavy atom. The molecule has 16 heavy (non-hydrogen) atoms. The Labute approximate surface area is 104 Å². The average Bonchev–Trinajstić information content (AvgIpc) is 2.73. The summed E-state index contributed by atoms with van der Waals surface area (Å²) in [7, 11) is 1.36. The van der Waals surface area contributed by atoms with Crippen molar-refractivity contribution < 1.29 is 9.53 Å². The maximum absolute atomic E-state index is 11.2. The lowest BCUT2D eigenvalue weighted by Crippen LogP contribution is -2.15. The second kappa shape index (κ2) is 6.75. The lowest BCUT2D eigenvalue weighted by Gasteiger charge is -2.11. The Morgan fingerprint density at radius 1 is 1.75 bits per heavy atom. The Balaban J connectivity index is 2.48. The highest BCUT2D eigenvalue weighted by Gasteiger charge is 2.11. The summed E-state index contributed by atoms with van der Waals surface area (Å²) in [5, 5.41) is 5.74. The topological polar surface area (TPSA) is 51.2 Å². The van der Waals surface area contributed by atoms with Gasteiger partial charge in [0.1, 0.15) is 0 Å². The molecule has 0 aromatic carbocycles. The number of thiazole rings is 1. The second-order valence-electron chi connectivity index (χ2n) is 3.36. The lowest BCUT2D eigenvalue weighted by molar-refractivity contribution is 0.0595. The van der Waals surface area contributed by atoms with Gasteiger partial charge in [-0.2, -0.15) is 11.8 Å². The van der Waals surface area contributed by atoms with E-state index in [4.69, 9.17) is 0 Å². The first-order valence-corrected chi connectivity index (χ1v) is 7.24. The van der Waals surface area contributed by atoms with Gasteiger partial charge in [-0.1, -0.05) is 0 Å². The second-order valence-corrected chi connectivity index (χ2v) is 5.20. The van der Waals surface area contributed by atoms with Gasteiger partial charge in [0.15, 0.2) is 10.8 Å². The summed E-state index contributed by atoms with van der Waals surface area (Å²) in [6.45, 7) is 2.11. The largest absolute Gasteiger partial charge is 0.464 e. The van der Waals surface area contributed by atoms with E-state index >= 15 is 0 Å². The van der Waals surface area contributed by atoms with Gasteiger partial charge >= 0.3 is 5.97 Å². The van der Waals surface area contributed by atoms with E-state index in [9.17, 15) is 4.79 Å². The summed E-state index contributed by atoms with van der Waals surface area (Å²) in [4.78, 5) is 15.3. The molecule has 4 nitrogen and oxygen atoms in total. The first-order valence-electron chi connectivity index (χ1n) is 4.96. The maximum Gasteiger partial charge on any atom is 0.357 e. The highest BCUT2D eigenvalue weighted by atomic mass is 32.2. The molecule has 1 heterocycles. The first kappa shape index (κ1) is 13.3. The van der Waals surface area contributed by atoms with Crippen LogP contribution < -0.4 is 5.32 Å². The summed E-state index contributed by atoms with van der Waals surface area (Å²) in [5.41, 5.74) is 0.368. The number of anilines is 1. The van der Waals surface area contributed by atoms with Gasteiger partial charge in [0.2, 0.25) is 0 Å². The number of hydrogen-bond donors (Lipinski definition) is 1. The molecule has 0 fully saturated rings. The van der Waals surface area contributed by atoms with Crippen molar-refractivity contribution in [3.8, 4) is 0 Å². The molecule has 0 saturated carbocycles. The number of carbonyl (C=O) groups excluding carboxylic acids is 1. The van der Waals surface area contributed by atoms with Crippen LogP contribution in [0.4, 0.5) is 5.13 Å². The van der Waals surface area contributed by atoms with Crippen LogP contribution in [0.2, 0.25) is 0 Å². The Bertz CT molecular complexity index is 341. The Hall–Kier alpha value is -0.750. The minimum atomic E-state index is -0.388. The molecule has 0 aliphatic rings. The minimum Gasteiger partial charge on any atom is -0.464 e. The van der Waals surface area contributed by atoms with Crippen LogP contribution in [0.25, 0.3) is 0 Å². The fraction of sp³-hybridized carbons (Fsp3) is 0.600. The van der Waals surface area contributed by atoms with Gasteiger partial charge in [0.05, 0.1) is 7.11 Å². The molecule has 1 unspecified atom stereocenters. The van der Waals surface area contributed by atoms with Gasteiger partial charge in [-0.15, -0.1) is 11.3 Å². The van der Waals surface area contributed by atoms with E-state index in [0.29, 0.717) is 11.7 Å². The number of esters is 1. The molecular formula is C10H16N2O2S2. The number of nitrogens with zero attached hydrogens (tertiary/aromatic N) is 1. The third kappa shape index (κ3) is 4.02.